The largest absolute Gasteiger partial charge is 0.355 e. The van der Waals surface area contributed by atoms with E-state index in [2.05, 4.69) is 19.2 Å². The molecule has 186 valence electrons. The lowest BCUT2D eigenvalue weighted by Gasteiger charge is -2.32. The van der Waals surface area contributed by atoms with Crippen LogP contribution in [0.15, 0.2) is 54.6 Å². The van der Waals surface area contributed by atoms with Gasteiger partial charge in [0.1, 0.15) is 12.6 Å². The van der Waals surface area contributed by atoms with Crippen LogP contribution in [0.1, 0.15) is 51.2 Å². The van der Waals surface area contributed by atoms with E-state index >= 15 is 0 Å². The number of benzene rings is 2. The zero-order valence-electron chi connectivity index (χ0n) is 20.8. The average Bonchev–Trinajstić information content (AvgIpc) is 2.80. The Morgan fingerprint density at radius 3 is 2.09 bits per heavy atom. The standard InChI is InChI=1S/C26H37N3O4S/c1-6-24(26(31)27-7-2)28(18-17-21-11-9-8-10-12-21)25(30)19-29(34(5,32)33)23-15-13-22(14-16-23)20(3)4/h8-16,20,24H,6-7,17-19H2,1-5H3,(H,27,31)/t24-/m0/s1. The summed E-state index contributed by atoms with van der Waals surface area (Å²) >= 11 is 0. The molecule has 0 radical (unpaired) electrons. The van der Waals surface area contributed by atoms with Crippen molar-refractivity contribution in [2.75, 3.05) is 30.2 Å². The lowest BCUT2D eigenvalue weighted by molar-refractivity contribution is -0.139. The first kappa shape index (κ1) is 27.4. The lowest BCUT2D eigenvalue weighted by Crippen LogP contribution is -2.53. The van der Waals surface area contributed by atoms with Gasteiger partial charge in [0, 0.05) is 13.1 Å². The van der Waals surface area contributed by atoms with Gasteiger partial charge in [0.05, 0.1) is 11.9 Å². The van der Waals surface area contributed by atoms with Crippen molar-refractivity contribution in [3.63, 3.8) is 0 Å². The molecule has 0 aliphatic rings. The van der Waals surface area contributed by atoms with Gasteiger partial charge < -0.3 is 10.2 Å². The highest BCUT2D eigenvalue weighted by Crippen LogP contribution is 2.22. The Morgan fingerprint density at radius 1 is 0.971 bits per heavy atom. The van der Waals surface area contributed by atoms with Crippen LogP contribution in [-0.4, -0.2) is 57.1 Å². The SMILES string of the molecule is CCNC(=O)[C@H](CC)N(CCc1ccccc1)C(=O)CN(c1ccc(C(C)C)cc1)S(C)(=O)=O. The number of hydrogen-bond donors (Lipinski definition) is 1. The van der Waals surface area contributed by atoms with Gasteiger partial charge in [-0.1, -0.05) is 63.2 Å². The minimum Gasteiger partial charge on any atom is -0.355 e. The molecule has 0 spiro atoms. The Labute approximate surface area is 204 Å². The predicted octanol–water partition coefficient (Wildman–Crippen LogP) is 3.56. The van der Waals surface area contributed by atoms with Crippen LogP contribution in [0.5, 0.6) is 0 Å². The smallest absolute Gasteiger partial charge is 0.244 e. The van der Waals surface area contributed by atoms with Crippen LogP contribution in [0.2, 0.25) is 0 Å². The average molecular weight is 488 g/mol. The van der Waals surface area contributed by atoms with Crippen LogP contribution in [0, 0.1) is 0 Å². The second kappa shape index (κ2) is 12.6. The predicted molar refractivity (Wildman–Crippen MR) is 137 cm³/mol. The molecule has 2 aromatic carbocycles. The number of anilines is 1. The van der Waals surface area contributed by atoms with Crippen molar-refractivity contribution in [2.24, 2.45) is 0 Å². The Morgan fingerprint density at radius 2 is 1.59 bits per heavy atom. The van der Waals surface area contributed by atoms with Crippen LogP contribution in [0.25, 0.3) is 0 Å². The first-order valence-electron chi connectivity index (χ1n) is 11.8. The van der Waals surface area contributed by atoms with Crippen molar-refractivity contribution in [3.05, 3.63) is 65.7 Å². The van der Waals surface area contributed by atoms with Crippen molar-refractivity contribution in [2.45, 2.75) is 52.5 Å². The number of nitrogens with one attached hydrogen (secondary N) is 1. The maximum Gasteiger partial charge on any atom is 0.244 e. The first-order valence-corrected chi connectivity index (χ1v) is 13.6. The van der Waals surface area contributed by atoms with Gasteiger partial charge in [0.25, 0.3) is 0 Å². The molecule has 0 aliphatic heterocycles. The number of amides is 2. The van der Waals surface area contributed by atoms with Crippen LogP contribution < -0.4 is 9.62 Å². The van der Waals surface area contributed by atoms with Crippen molar-refractivity contribution in [1.29, 1.82) is 0 Å². The van der Waals surface area contributed by atoms with E-state index in [9.17, 15) is 18.0 Å². The summed E-state index contributed by atoms with van der Waals surface area (Å²) in [6.45, 7) is 8.18. The number of rotatable bonds is 12. The van der Waals surface area contributed by atoms with Gasteiger partial charge in [-0.3, -0.25) is 13.9 Å². The van der Waals surface area contributed by atoms with E-state index in [0.717, 1.165) is 21.7 Å². The summed E-state index contributed by atoms with van der Waals surface area (Å²) in [5.41, 5.74) is 2.54. The highest BCUT2D eigenvalue weighted by Gasteiger charge is 2.31. The van der Waals surface area contributed by atoms with Crippen LogP contribution >= 0.6 is 0 Å². The summed E-state index contributed by atoms with van der Waals surface area (Å²) in [5.74, 6) is -0.343. The molecule has 0 fully saturated rings. The maximum absolute atomic E-state index is 13.5. The quantitative estimate of drug-likeness (QED) is 0.496. The van der Waals surface area contributed by atoms with Crippen molar-refractivity contribution >= 4 is 27.5 Å². The van der Waals surface area contributed by atoms with Gasteiger partial charge >= 0.3 is 0 Å². The maximum atomic E-state index is 13.5. The van der Waals surface area contributed by atoms with Crippen LogP contribution in [0.4, 0.5) is 5.69 Å². The number of hydrogen-bond acceptors (Lipinski definition) is 4. The fourth-order valence-corrected chi connectivity index (χ4v) is 4.68. The minimum absolute atomic E-state index is 0.237. The van der Waals surface area contributed by atoms with E-state index in [1.54, 1.807) is 12.1 Å². The monoisotopic (exact) mass is 487 g/mol. The van der Waals surface area contributed by atoms with E-state index in [4.69, 9.17) is 0 Å². The lowest BCUT2D eigenvalue weighted by atomic mass is 10.0. The highest BCUT2D eigenvalue weighted by atomic mass is 32.2. The van der Waals surface area contributed by atoms with Crippen molar-refractivity contribution in [3.8, 4) is 0 Å². The van der Waals surface area contributed by atoms with Gasteiger partial charge in [-0.15, -0.1) is 0 Å². The Bertz CT molecular complexity index is 1040. The second-order valence-corrected chi connectivity index (χ2v) is 10.6. The molecule has 2 aromatic rings. The summed E-state index contributed by atoms with van der Waals surface area (Å²) in [4.78, 5) is 27.8. The Kier molecular flexibility index (Phi) is 10.1. The van der Waals surface area contributed by atoms with Crippen LogP contribution in [0.3, 0.4) is 0 Å². The van der Waals surface area contributed by atoms with E-state index in [1.165, 1.54) is 4.90 Å². The summed E-state index contributed by atoms with van der Waals surface area (Å²) in [6, 6.07) is 16.2. The third-order valence-corrected chi connectivity index (χ3v) is 6.89. The number of sulfonamides is 1. The number of likely N-dealkylation sites (N-methyl/N-ethyl adjacent to an activating group) is 1. The van der Waals surface area contributed by atoms with Gasteiger partial charge in [0.15, 0.2) is 0 Å². The van der Waals surface area contributed by atoms with Crippen molar-refractivity contribution in [1.82, 2.24) is 10.2 Å². The fraction of sp³-hybridized carbons (Fsp3) is 0.462. The van der Waals surface area contributed by atoms with Gasteiger partial charge in [-0.2, -0.15) is 0 Å². The van der Waals surface area contributed by atoms with Gasteiger partial charge in [-0.05, 0) is 48.9 Å². The molecule has 2 rings (SSSR count). The second-order valence-electron chi connectivity index (χ2n) is 8.66. The minimum atomic E-state index is -3.72. The Balaban J connectivity index is 2.34. The molecule has 7 nitrogen and oxygen atoms in total. The molecule has 0 aliphatic carbocycles. The fourth-order valence-electron chi connectivity index (χ4n) is 3.83. The van der Waals surface area contributed by atoms with Crippen LogP contribution in [-0.2, 0) is 26.0 Å². The number of carbonyl (C=O) groups excluding carboxylic acids is 2. The first-order chi connectivity index (χ1) is 16.1. The van der Waals surface area contributed by atoms with E-state index < -0.39 is 22.0 Å². The topological polar surface area (TPSA) is 86.8 Å². The summed E-state index contributed by atoms with van der Waals surface area (Å²) < 4.78 is 26.4. The molecular weight excluding hydrogens is 450 g/mol. The molecule has 8 heteroatoms. The number of nitrogens with zero attached hydrogens (tertiary/aromatic N) is 2. The normalized spacial score (nSPS) is 12.3. The molecule has 0 unspecified atom stereocenters. The molecule has 0 saturated carbocycles. The van der Waals surface area contributed by atoms with E-state index in [-0.39, 0.29) is 12.5 Å². The van der Waals surface area contributed by atoms with Crippen molar-refractivity contribution < 1.29 is 18.0 Å². The molecule has 0 saturated heterocycles. The highest BCUT2D eigenvalue weighted by molar-refractivity contribution is 7.92. The zero-order valence-corrected chi connectivity index (χ0v) is 21.6. The molecule has 34 heavy (non-hydrogen) atoms. The number of carbonyl (C=O) groups is 2. The molecule has 1 N–H and O–H groups in total. The summed E-state index contributed by atoms with van der Waals surface area (Å²) in [6.07, 6.45) is 2.07. The summed E-state index contributed by atoms with van der Waals surface area (Å²) in [5, 5.41) is 2.80. The van der Waals surface area contributed by atoms with Gasteiger partial charge in [0.2, 0.25) is 21.8 Å². The Hall–Kier alpha value is -2.87. The van der Waals surface area contributed by atoms with E-state index in [0.29, 0.717) is 37.5 Å². The molecule has 1 atom stereocenters. The van der Waals surface area contributed by atoms with Gasteiger partial charge in [-0.25, -0.2) is 8.42 Å². The molecule has 0 heterocycles. The molecule has 0 aromatic heterocycles. The molecule has 0 bridgehead atoms. The summed E-state index contributed by atoms with van der Waals surface area (Å²) in [7, 11) is -3.72. The molecule has 2 amide bonds. The molecular formula is C26H37N3O4S. The third kappa shape index (κ3) is 7.58. The zero-order chi connectivity index (χ0) is 25.3. The van der Waals surface area contributed by atoms with E-state index in [1.807, 2.05) is 56.3 Å². The third-order valence-electron chi connectivity index (χ3n) is 5.75.